The van der Waals surface area contributed by atoms with Crippen molar-refractivity contribution < 1.29 is 0 Å². The normalized spacial score (nSPS) is 12.0. The summed E-state index contributed by atoms with van der Waals surface area (Å²) in [5, 5.41) is 4.31. The molecular formula is C12H18Cl3N3. The largest absolute Gasteiger partial charge is 0.368 e. The van der Waals surface area contributed by atoms with Crippen LogP contribution < -0.4 is 5.32 Å². The first-order chi connectivity index (χ1) is 8.21. The zero-order valence-electron chi connectivity index (χ0n) is 11.0. The first kappa shape index (κ1) is 15.8. The molecule has 1 heterocycles. The van der Waals surface area contributed by atoms with Crippen LogP contribution in [0.4, 0.5) is 5.82 Å². The van der Waals surface area contributed by atoms with Crippen molar-refractivity contribution in [3.63, 3.8) is 0 Å². The number of nitrogens with zero attached hydrogens (tertiary/aromatic N) is 2. The lowest BCUT2D eigenvalue weighted by atomic mass is 9.93. The first-order valence-electron chi connectivity index (χ1n) is 5.61. The highest BCUT2D eigenvalue weighted by Crippen LogP contribution is 2.29. The van der Waals surface area contributed by atoms with Gasteiger partial charge in [-0.1, -0.05) is 48.7 Å². The van der Waals surface area contributed by atoms with Crippen molar-refractivity contribution in [1.82, 2.24) is 9.88 Å². The number of nitrogens with one attached hydrogen (secondary N) is 1. The van der Waals surface area contributed by atoms with Crippen LogP contribution in [0.25, 0.3) is 0 Å². The van der Waals surface area contributed by atoms with E-state index in [4.69, 9.17) is 34.8 Å². The minimum Gasteiger partial charge on any atom is -0.368 e. The standard InChI is InChI=1S/C12H18Cl3N3/c1-12(2,7-18(3)4)6-16-11-9(14)5-8(13)10(15)17-11/h5H,6-7H2,1-4H3,(H,16,17). The van der Waals surface area contributed by atoms with E-state index in [-0.39, 0.29) is 10.6 Å². The summed E-state index contributed by atoms with van der Waals surface area (Å²) in [5.74, 6) is 0.567. The van der Waals surface area contributed by atoms with Gasteiger partial charge in [-0.2, -0.15) is 0 Å². The van der Waals surface area contributed by atoms with Crippen LogP contribution >= 0.6 is 34.8 Å². The van der Waals surface area contributed by atoms with Crippen molar-refractivity contribution in [3.05, 3.63) is 21.3 Å². The number of halogens is 3. The summed E-state index contributed by atoms with van der Waals surface area (Å²) in [6.45, 7) is 6.05. The number of hydrogen-bond donors (Lipinski definition) is 1. The van der Waals surface area contributed by atoms with Crippen molar-refractivity contribution in [1.29, 1.82) is 0 Å². The molecule has 1 N–H and O–H groups in total. The lowest BCUT2D eigenvalue weighted by molar-refractivity contribution is 0.254. The lowest BCUT2D eigenvalue weighted by Gasteiger charge is -2.28. The summed E-state index contributed by atoms with van der Waals surface area (Å²) in [6.07, 6.45) is 0. The van der Waals surface area contributed by atoms with Crippen molar-refractivity contribution >= 4 is 40.6 Å². The maximum absolute atomic E-state index is 6.06. The molecule has 0 unspecified atom stereocenters. The quantitative estimate of drug-likeness (QED) is 0.832. The zero-order valence-corrected chi connectivity index (χ0v) is 13.3. The van der Waals surface area contributed by atoms with Gasteiger partial charge in [0.2, 0.25) is 0 Å². The third kappa shape index (κ3) is 4.81. The van der Waals surface area contributed by atoms with Gasteiger partial charge < -0.3 is 10.2 Å². The second kappa shape index (κ2) is 6.29. The van der Waals surface area contributed by atoms with Gasteiger partial charge in [-0.25, -0.2) is 4.98 Å². The van der Waals surface area contributed by atoms with Crippen molar-refractivity contribution in [2.24, 2.45) is 5.41 Å². The molecule has 0 radical (unpaired) electrons. The molecule has 6 heteroatoms. The molecule has 0 aliphatic heterocycles. The van der Waals surface area contributed by atoms with Gasteiger partial charge in [0.1, 0.15) is 11.0 Å². The summed E-state index contributed by atoms with van der Waals surface area (Å²) in [4.78, 5) is 6.28. The van der Waals surface area contributed by atoms with Gasteiger partial charge in [-0.15, -0.1) is 0 Å². The Morgan fingerprint density at radius 3 is 2.39 bits per heavy atom. The zero-order chi connectivity index (χ0) is 13.9. The number of pyridine rings is 1. The van der Waals surface area contributed by atoms with Crippen molar-refractivity contribution in [3.8, 4) is 0 Å². The molecule has 1 aromatic heterocycles. The van der Waals surface area contributed by atoms with Gasteiger partial charge in [0.15, 0.2) is 0 Å². The average molecular weight is 311 g/mol. The van der Waals surface area contributed by atoms with Crippen LogP contribution in [0.1, 0.15) is 13.8 Å². The second-order valence-electron chi connectivity index (χ2n) is 5.35. The van der Waals surface area contributed by atoms with Crippen LogP contribution in [0.5, 0.6) is 0 Å². The molecule has 0 atom stereocenters. The average Bonchev–Trinajstić information content (AvgIpc) is 2.19. The Labute approximate surface area is 123 Å². The number of anilines is 1. The Kier molecular flexibility index (Phi) is 5.53. The highest BCUT2D eigenvalue weighted by molar-refractivity contribution is 6.42. The fourth-order valence-corrected chi connectivity index (χ4v) is 2.37. The molecule has 0 spiro atoms. The Hall–Kier alpha value is -0.220. The van der Waals surface area contributed by atoms with Crippen LogP contribution in [0, 0.1) is 5.41 Å². The Bertz CT molecular complexity index is 419. The van der Waals surface area contributed by atoms with Crippen LogP contribution in [-0.2, 0) is 0 Å². The molecule has 0 saturated heterocycles. The molecule has 0 aromatic carbocycles. The van der Waals surface area contributed by atoms with E-state index in [1.165, 1.54) is 0 Å². The van der Waals surface area contributed by atoms with Gasteiger partial charge in [-0.3, -0.25) is 0 Å². The van der Waals surface area contributed by atoms with E-state index in [0.717, 1.165) is 13.1 Å². The van der Waals surface area contributed by atoms with E-state index in [9.17, 15) is 0 Å². The van der Waals surface area contributed by atoms with Gasteiger partial charge in [0, 0.05) is 13.1 Å². The van der Waals surface area contributed by atoms with E-state index < -0.39 is 0 Å². The molecule has 3 nitrogen and oxygen atoms in total. The number of aromatic nitrogens is 1. The molecule has 18 heavy (non-hydrogen) atoms. The van der Waals surface area contributed by atoms with Crippen LogP contribution in [0.3, 0.4) is 0 Å². The maximum Gasteiger partial charge on any atom is 0.150 e. The van der Waals surface area contributed by atoms with E-state index in [2.05, 4.69) is 29.0 Å². The molecular weight excluding hydrogens is 293 g/mol. The molecule has 1 aromatic rings. The molecule has 0 saturated carbocycles. The summed E-state index contributed by atoms with van der Waals surface area (Å²) >= 11 is 17.8. The lowest BCUT2D eigenvalue weighted by Crippen LogP contribution is -2.34. The molecule has 1 rings (SSSR count). The van der Waals surface area contributed by atoms with E-state index >= 15 is 0 Å². The molecule has 0 amide bonds. The minimum atomic E-state index is 0.0978. The van der Waals surface area contributed by atoms with E-state index in [1.54, 1.807) is 6.07 Å². The van der Waals surface area contributed by atoms with Gasteiger partial charge >= 0.3 is 0 Å². The third-order valence-corrected chi connectivity index (χ3v) is 3.33. The summed E-state index contributed by atoms with van der Waals surface area (Å²) in [6, 6.07) is 1.60. The Morgan fingerprint density at radius 1 is 1.22 bits per heavy atom. The minimum absolute atomic E-state index is 0.0978. The molecule has 0 bridgehead atoms. The second-order valence-corrected chi connectivity index (χ2v) is 6.52. The predicted octanol–water partition coefficient (Wildman–Crippen LogP) is 4.04. The smallest absolute Gasteiger partial charge is 0.150 e. The molecule has 0 aliphatic rings. The number of rotatable bonds is 5. The molecule has 102 valence electrons. The van der Waals surface area contributed by atoms with Crippen LogP contribution in [-0.4, -0.2) is 37.1 Å². The molecule has 0 fully saturated rings. The van der Waals surface area contributed by atoms with Gasteiger partial charge in [-0.05, 0) is 25.6 Å². The topological polar surface area (TPSA) is 28.2 Å². The molecule has 0 aliphatic carbocycles. The highest BCUT2D eigenvalue weighted by atomic mass is 35.5. The predicted molar refractivity (Wildman–Crippen MR) is 80.1 cm³/mol. The summed E-state index contributed by atoms with van der Waals surface area (Å²) in [7, 11) is 4.10. The van der Waals surface area contributed by atoms with Crippen molar-refractivity contribution in [2.45, 2.75) is 13.8 Å². The van der Waals surface area contributed by atoms with Crippen LogP contribution in [0.2, 0.25) is 15.2 Å². The highest BCUT2D eigenvalue weighted by Gasteiger charge is 2.19. The monoisotopic (exact) mass is 309 g/mol. The van der Waals surface area contributed by atoms with Crippen molar-refractivity contribution in [2.75, 3.05) is 32.5 Å². The number of hydrogen-bond acceptors (Lipinski definition) is 3. The Morgan fingerprint density at radius 2 is 1.83 bits per heavy atom. The fourth-order valence-electron chi connectivity index (χ4n) is 1.80. The summed E-state index contributed by atoms with van der Waals surface area (Å²) < 4.78 is 0. The van der Waals surface area contributed by atoms with E-state index in [1.807, 2.05) is 14.1 Å². The Balaban J connectivity index is 2.72. The first-order valence-corrected chi connectivity index (χ1v) is 6.75. The van der Waals surface area contributed by atoms with E-state index in [0.29, 0.717) is 15.9 Å². The van der Waals surface area contributed by atoms with Gasteiger partial charge in [0.25, 0.3) is 0 Å². The SMILES string of the molecule is CN(C)CC(C)(C)CNc1nc(Cl)c(Cl)cc1Cl. The third-order valence-electron chi connectivity index (χ3n) is 2.37. The fraction of sp³-hybridized carbons (Fsp3) is 0.583. The van der Waals surface area contributed by atoms with Crippen LogP contribution in [0.15, 0.2) is 6.07 Å². The summed E-state index contributed by atoms with van der Waals surface area (Å²) in [5.41, 5.74) is 0.0978. The van der Waals surface area contributed by atoms with Gasteiger partial charge in [0.05, 0.1) is 10.0 Å². The maximum atomic E-state index is 6.06.